The second-order valence-corrected chi connectivity index (χ2v) is 7.64. The maximum Gasteiger partial charge on any atom is 0.193 e. The lowest BCUT2D eigenvalue weighted by Crippen LogP contribution is -2.40. The first-order chi connectivity index (χ1) is 12.2. The molecule has 0 saturated carbocycles. The molecule has 2 aromatic rings. The average molecular weight is 361 g/mol. The summed E-state index contributed by atoms with van der Waals surface area (Å²) in [6.45, 7) is 5.09. The quantitative estimate of drug-likeness (QED) is 0.489. The van der Waals surface area contributed by atoms with E-state index < -0.39 is 0 Å². The number of rotatable bonds is 6. The third-order valence-electron chi connectivity index (χ3n) is 4.66. The Morgan fingerprint density at radius 2 is 2.32 bits per heavy atom. The number of nitrogens with zero attached hydrogens (tertiary/aromatic N) is 5. The topological polar surface area (TPSA) is 58.3 Å². The van der Waals surface area contributed by atoms with Gasteiger partial charge in [0.15, 0.2) is 5.96 Å². The van der Waals surface area contributed by atoms with E-state index in [1.54, 1.807) is 11.3 Å². The summed E-state index contributed by atoms with van der Waals surface area (Å²) in [6.07, 6.45) is 8.66. The summed E-state index contributed by atoms with van der Waals surface area (Å²) in [5, 5.41) is 11.2. The van der Waals surface area contributed by atoms with Crippen molar-refractivity contribution in [3.8, 4) is 0 Å². The normalized spacial score (nSPS) is 18.1. The van der Waals surface area contributed by atoms with E-state index in [0.717, 1.165) is 57.0 Å². The van der Waals surface area contributed by atoms with Crippen LogP contribution >= 0.6 is 11.3 Å². The molecule has 1 N–H and O–H groups in total. The number of nitrogens with one attached hydrogen (secondary N) is 1. The molecule has 0 aromatic carbocycles. The molecule has 25 heavy (non-hydrogen) atoms. The molecule has 1 fully saturated rings. The predicted molar refractivity (Wildman–Crippen MR) is 103 cm³/mol. The van der Waals surface area contributed by atoms with E-state index in [4.69, 9.17) is 0 Å². The van der Waals surface area contributed by atoms with Crippen LogP contribution in [0.25, 0.3) is 0 Å². The smallest absolute Gasteiger partial charge is 0.193 e. The zero-order chi connectivity index (χ0) is 17.6. The van der Waals surface area contributed by atoms with Crippen molar-refractivity contribution < 1.29 is 0 Å². The highest BCUT2D eigenvalue weighted by molar-refractivity contribution is 7.09. The molecular formula is C18H28N6S. The Morgan fingerprint density at radius 1 is 1.44 bits per heavy atom. The summed E-state index contributed by atoms with van der Waals surface area (Å²) in [7, 11) is 3.85. The number of unbranched alkanes of at least 4 members (excludes halogenated alkanes) is 1. The van der Waals surface area contributed by atoms with Crippen molar-refractivity contribution in [2.45, 2.75) is 38.5 Å². The van der Waals surface area contributed by atoms with Gasteiger partial charge < -0.3 is 10.2 Å². The molecule has 6 nitrogen and oxygen atoms in total. The largest absolute Gasteiger partial charge is 0.356 e. The van der Waals surface area contributed by atoms with Gasteiger partial charge in [0.2, 0.25) is 0 Å². The van der Waals surface area contributed by atoms with Crippen LogP contribution in [-0.4, -0.2) is 52.3 Å². The van der Waals surface area contributed by atoms with Crippen LogP contribution in [0.2, 0.25) is 0 Å². The average Bonchev–Trinajstić information content (AvgIpc) is 3.32. The number of thiazole rings is 1. The fourth-order valence-corrected chi connectivity index (χ4v) is 4.15. The molecule has 1 aliphatic rings. The van der Waals surface area contributed by atoms with Crippen LogP contribution in [0.5, 0.6) is 0 Å². The van der Waals surface area contributed by atoms with Crippen LogP contribution in [-0.2, 0) is 13.5 Å². The molecule has 1 unspecified atom stereocenters. The second-order valence-electron chi connectivity index (χ2n) is 6.69. The zero-order valence-corrected chi connectivity index (χ0v) is 16.2. The minimum Gasteiger partial charge on any atom is -0.356 e. The van der Waals surface area contributed by atoms with Crippen molar-refractivity contribution in [3.05, 3.63) is 34.0 Å². The molecular weight excluding hydrogens is 332 g/mol. The predicted octanol–water partition coefficient (Wildman–Crippen LogP) is 2.57. The highest BCUT2D eigenvalue weighted by Crippen LogP contribution is 2.26. The third kappa shape index (κ3) is 4.81. The van der Waals surface area contributed by atoms with Crippen molar-refractivity contribution >= 4 is 17.3 Å². The van der Waals surface area contributed by atoms with Crippen LogP contribution < -0.4 is 5.32 Å². The van der Waals surface area contributed by atoms with Crippen molar-refractivity contribution in [2.75, 3.05) is 26.7 Å². The van der Waals surface area contributed by atoms with Crippen LogP contribution in [0, 0.1) is 6.92 Å². The van der Waals surface area contributed by atoms with E-state index in [1.165, 1.54) is 10.6 Å². The highest BCUT2D eigenvalue weighted by Gasteiger charge is 2.26. The molecule has 0 radical (unpaired) electrons. The van der Waals surface area contributed by atoms with Crippen molar-refractivity contribution in [1.29, 1.82) is 0 Å². The summed E-state index contributed by atoms with van der Waals surface area (Å²) >= 11 is 1.77. The summed E-state index contributed by atoms with van der Waals surface area (Å²) in [4.78, 5) is 11.3. The van der Waals surface area contributed by atoms with Crippen molar-refractivity contribution in [3.63, 3.8) is 0 Å². The van der Waals surface area contributed by atoms with Crippen LogP contribution in [0.1, 0.15) is 41.4 Å². The fourth-order valence-electron chi connectivity index (χ4n) is 3.33. The van der Waals surface area contributed by atoms with Gasteiger partial charge in [0.25, 0.3) is 0 Å². The van der Waals surface area contributed by atoms with E-state index in [-0.39, 0.29) is 0 Å². The van der Waals surface area contributed by atoms with Gasteiger partial charge in [0, 0.05) is 56.9 Å². The molecule has 0 spiro atoms. The molecule has 0 aliphatic carbocycles. The Bertz CT molecular complexity index is 704. The van der Waals surface area contributed by atoms with Gasteiger partial charge in [-0.1, -0.05) is 0 Å². The van der Waals surface area contributed by atoms with Gasteiger partial charge in [-0.3, -0.25) is 9.67 Å². The molecule has 1 aliphatic heterocycles. The van der Waals surface area contributed by atoms with Gasteiger partial charge >= 0.3 is 0 Å². The lowest BCUT2D eigenvalue weighted by atomic mass is 10.0. The Hall–Kier alpha value is -1.89. The van der Waals surface area contributed by atoms with Gasteiger partial charge in [-0.05, 0) is 38.2 Å². The molecule has 7 heteroatoms. The minimum absolute atomic E-state index is 0.556. The van der Waals surface area contributed by atoms with Gasteiger partial charge in [-0.15, -0.1) is 11.3 Å². The molecule has 3 rings (SSSR count). The lowest BCUT2D eigenvalue weighted by Gasteiger charge is -2.21. The summed E-state index contributed by atoms with van der Waals surface area (Å²) < 4.78 is 1.88. The van der Waals surface area contributed by atoms with Gasteiger partial charge in [0.05, 0.1) is 11.2 Å². The van der Waals surface area contributed by atoms with E-state index in [9.17, 15) is 0 Å². The van der Waals surface area contributed by atoms with E-state index in [2.05, 4.69) is 43.8 Å². The monoisotopic (exact) mass is 360 g/mol. The number of guanidine groups is 1. The standard InChI is InChI=1S/C18H28N6S/c1-14-13-25-17(22-14)6-4-5-8-20-18(19-2)24-9-7-15(12-24)16-10-21-23(3)11-16/h10-11,13,15H,4-9,12H2,1-3H3,(H,19,20). The van der Waals surface area contributed by atoms with Crippen LogP contribution in [0.4, 0.5) is 0 Å². The number of hydrogen-bond donors (Lipinski definition) is 1. The van der Waals surface area contributed by atoms with Gasteiger partial charge in [-0.25, -0.2) is 4.98 Å². The molecule has 136 valence electrons. The number of likely N-dealkylation sites (tertiary alicyclic amines) is 1. The van der Waals surface area contributed by atoms with E-state index >= 15 is 0 Å². The minimum atomic E-state index is 0.556. The van der Waals surface area contributed by atoms with Crippen molar-refractivity contribution in [2.24, 2.45) is 12.0 Å². The fraction of sp³-hybridized carbons (Fsp3) is 0.611. The number of aromatic nitrogens is 3. The molecule has 2 aromatic heterocycles. The first-order valence-corrected chi connectivity index (χ1v) is 9.89. The maximum absolute atomic E-state index is 4.52. The molecule has 1 atom stereocenters. The van der Waals surface area contributed by atoms with Crippen molar-refractivity contribution in [1.82, 2.24) is 25.0 Å². The Labute approximate surface area is 154 Å². The highest BCUT2D eigenvalue weighted by atomic mass is 32.1. The molecule has 0 bridgehead atoms. The SMILES string of the molecule is CN=C(NCCCCc1nc(C)cs1)N1CCC(c2cnn(C)c2)C1. The van der Waals surface area contributed by atoms with Crippen LogP contribution in [0.3, 0.4) is 0 Å². The first-order valence-electron chi connectivity index (χ1n) is 9.01. The molecule has 1 saturated heterocycles. The Balaban J connectivity index is 1.39. The first kappa shape index (κ1) is 17.9. The summed E-state index contributed by atoms with van der Waals surface area (Å²) in [6, 6.07) is 0. The van der Waals surface area contributed by atoms with E-state index in [1.807, 2.05) is 25.0 Å². The lowest BCUT2D eigenvalue weighted by molar-refractivity contribution is 0.484. The summed E-state index contributed by atoms with van der Waals surface area (Å²) in [5.74, 6) is 1.58. The molecule has 3 heterocycles. The molecule has 0 amide bonds. The van der Waals surface area contributed by atoms with Crippen LogP contribution in [0.15, 0.2) is 22.8 Å². The second kappa shape index (κ2) is 8.47. The maximum atomic E-state index is 4.52. The number of aliphatic imine (C=N–C) groups is 1. The number of hydrogen-bond acceptors (Lipinski definition) is 4. The Morgan fingerprint density at radius 3 is 3.00 bits per heavy atom. The number of aryl methyl sites for hydroxylation is 3. The summed E-state index contributed by atoms with van der Waals surface area (Å²) in [5.41, 5.74) is 2.47. The Kier molecular flexibility index (Phi) is 6.07. The van der Waals surface area contributed by atoms with Gasteiger partial charge in [-0.2, -0.15) is 5.10 Å². The third-order valence-corrected chi connectivity index (χ3v) is 5.69. The van der Waals surface area contributed by atoms with Gasteiger partial charge in [0.1, 0.15) is 0 Å². The van der Waals surface area contributed by atoms with E-state index in [0.29, 0.717) is 5.92 Å². The zero-order valence-electron chi connectivity index (χ0n) is 15.4.